The number of fused-ring (bicyclic) bond motifs is 2. The topological polar surface area (TPSA) is 26.7 Å². The van der Waals surface area contributed by atoms with Crippen molar-refractivity contribution in [1.29, 1.82) is 0 Å². The van der Waals surface area contributed by atoms with Gasteiger partial charge in [-0.3, -0.25) is 4.90 Å². The summed E-state index contributed by atoms with van der Waals surface area (Å²) in [5.74, 6) is 0. The Hall–Kier alpha value is -2.00. The van der Waals surface area contributed by atoms with Gasteiger partial charge in [-0.2, -0.15) is 13.2 Å². The SMILES string of the molecule is Clc1cccc(Cl)c1.OCCN1CCN(CCC=C2c3ccccc3Sc3ccc(C(F)(F)F)cc32)CC1. The van der Waals surface area contributed by atoms with E-state index in [1.807, 2.05) is 30.3 Å². The van der Waals surface area contributed by atoms with Crippen molar-refractivity contribution >= 4 is 40.5 Å². The Morgan fingerprint density at radius 3 is 2.03 bits per heavy atom. The predicted octanol–water partition coefficient (Wildman–Crippen LogP) is 7.60. The first-order valence-electron chi connectivity index (χ1n) is 12.4. The van der Waals surface area contributed by atoms with E-state index in [9.17, 15) is 13.2 Å². The molecular formula is C29H29Cl2F3N2OS. The molecule has 9 heteroatoms. The average Bonchev–Trinajstić information content (AvgIpc) is 2.89. The van der Waals surface area contributed by atoms with Crippen LogP contribution in [0, 0.1) is 0 Å². The van der Waals surface area contributed by atoms with Gasteiger partial charge < -0.3 is 10.0 Å². The van der Waals surface area contributed by atoms with Gasteiger partial charge in [0, 0.05) is 59.1 Å². The molecule has 3 aromatic carbocycles. The Balaban J connectivity index is 0.000000360. The summed E-state index contributed by atoms with van der Waals surface area (Å²) in [4.78, 5) is 6.57. The average molecular weight is 582 g/mol. The molecule has 5 rings (SSSR count). The van der Waals surface area contributed by atoms with Crippen molar-refractivity contribution < 1.29 is 18.3 Å². The Morgan fingerprint density at radius 1 is 0.789 bits per heavy atom. The second kappa shape index (κ2) is 13.4. The number of β-amino-alcohol motifs (C(OH)–C–C–N with tert-alkyl or cyclic N) is 1. The highest BCUT2D eigenvalue weighted by Gasteiger charge is 2.32. The molecular weight excluding hydrogens is 552 g/mol. The van der Waals surface area contributed by atoms with E-state index in [4.69, 9.17) is 28.3 Å². The number of nitrogens with zero attached hydrogens (tertiary/aromatic N) is 2. The van der Waals surface area contributed by atoms with Crippen LogP contribution < -0.4 is 0 Å². The van der Waals surface area contributed by atoms with E-state index in [1.54, 1.807) is 24.3 Å². The third kappa shape index (κ3) is 7.78. The van der Waals surface area contributed by atoms with Gasteiger partial charge in [0.1, 0.15) is 0 Å². The van der Waals surface area contributed by atoms with Gasteiger partial charge in [-0.1, -0.05) is 65.3 Å². The van der Waals surface area contributed by atoms with E-state index in [-0.39, 0.29) is 6.61 Å². The number of rotatable bonds is 5. The first-order chi connectivity index (χ1) is 18.2. The number of alkyl halides is 3. The summed E-state index contributed by atoms with van der Waals surface area (Å²) in [6.07, 6.45) is -1.47. The predicted molar refractivity (Wildman–Crippen MR) is 150 cm³/mol. The van der Waals surface area contributed by atoms with Crippen LogP contribution in [0.1, 0.15) is 23.1 Å². The van der Waals surface area contributed by atoms with Gasteiger partial charge in [0.05, 0.1) is 12.2 Å². The van der Waals surface area contributed by atoms with E-state index in [2.05, 4.69) is 15.9 Å². The van der Waals surface area contributed by atoms with Crippen molar-refractivity contribution in [2.45, 2.75) is 22.4 Å². The summed E-state index contributed by atoms with van der Waals surface area (Å²) in [6.45, 7) is 5.55. The van der Waals surface area contributed by atoms with Gasteiger partial charge in [0.15, 0.2) is 0 Å². The molecule has 2 aliphatic rings. The van der Waals surface area contributed by atoms with Crippen LogP contribution in [-0.4, -0.2) is 60.8 Å². The summed E-state index contributed by atoms with van der Waals surface area (Å²) >= 11 is 12.6. The van der Waals surface area contributed by atoms with Gasteiger partial charge in [-0.25, -0.2) is 0 Å². The molecule has 0 atom stereocenters. The molecule has 0 bridgehead atoms. The molecule has 3 nitrogen and oxygen atoms in total. The maximum Gasteiger partial charge on any atom is 0.416 e. The van der Waals surface area contributed by atoms with E-state index >= 15 is 0 Å². The van der Waals surface area contributed by atoms with Crippen molar-refractivity contribution in [3.63, 3.8) is 0 Å². The standard InChI is InChI=1S/C23H25F3N2OS.C6H4Cl2/c24-23(25,26)17-7-8-22-20(16-17)18(19-4-1-2-6-21(19)30-22)5-3-9-27-10-12-28(13-11-27)14-15-29;7-5-2-1-3-6(8)4-5/h1-2,4-8,16,29H,3,9-15H2;1-4H. The number of hydrogen-bond acceptors (Lipinski definition) is 4. The highest BCUT2D eigenvalue weighted by molar-refractivity contribution is 7.99. The third-order valence-electron chi connectivity index (χ3n) is 6.46. The van der Waals surface area contributed by atoms with Crippen LogP contribution in [0.25, 0.3) is 5.57 Å². The van der Waals surface area contributed by atoms with Gasteiger partial charge in [-0.05, 0) is 65.6 Å². The monoisotopic (exact) mass is 580 g/mol. The maximum atomic E-state index is 13.3. The molecule has 3 aromatic rings. The Kier molecular flexibility index (Phi) is 10.2. The molecule has 1 saturated heterocycles. The minimum atomic E-state index is -4.35. The van der Waals surface area contributed by atoms with Crippen LogP contribution in [0.4, 0.5) is 13.2 Å². The van der Waals surface area contributed by atoms with E-state index in [0.29, 0.717) is 22.2 Å². The van der Waals surface area contributed by atoms with Gasteiger partial charge in [0.25, 0.3) is 0 Å². The first-order valence-corrected chi connectivity index (χ1v) is 14.0. The van der Waals surface area contributed by atoms with Crippen molar-refractivity contribution in [3.8, 4) is 0 Å². The van der Waals surface area contributed by atoms with Crippen LogP contribution in [-0.2, 0) is 6.18 Å². The summed E-state index contributed by atoms with van der Waals surface area (Å²) in [5, 5.41) is 10.4. The first kappa shape index (κ1) is 29.0. The smallest absolute Gasteiger partial charge is 0.395 e. The molecule has 202 valence electrons. The quantitative estimate of drug-likeness (QED) is 0.263. The zero-order chi connectivity index (χ0) is 27.1. The lowest BCUT2D eigenvalue weighted by Crippen LogP contribution is -2.47. The Morgan fingerprint density at radius 2 is 1.42 bits per heavy atom. The lowest BCUT2D eigenvalue weighted by atomic mass is 9.94. The minimum absolute atomic E-state index is 0.183. The van der Waals surface area contributed by atoms with Crippen molar-refractivity contribution in [1.82, 2.24) is 9.80 Å². The number of hydrogen-bond donors (Lipinski definition) is 1. The third-order valence-corrected chi connectivity index (χ3v) is 8.08. The molecule has 38 heavy (non-hydrogen) atoms. The van der Waals surface area contributed by atoms with E-state index < -0.39 is 11.7 Å². The second-order valence-corrected chi connectivity index (χ2v) is 11.0. The minimum Gasteiger partial charge on any atom is -0.395 e. The molecule has 1 N–H and O–H groups in total. The zero-order valence-corrected chi connectivity index (χ0v) is 23.1. The summed E-state index contributed by atoms with van der Waals surface area (Å²) in [7, 11) is 0. The fraction of sp³-hybridized carbons (Fsp3) is 0.310. The lowest BCUT2D eigenvalue weighted by Gasteiger charge is -2.34. The summed E-state index contributed by atoms with van der Waals surface area (Å²) < 4.78 is 39.9. The van der Waals surface area contributed by atoms with Crippen LogP contribution in [0.3, 0.4) is 0 Å². The molecule has 0 spiro atoms. The fourth-order valence-electron chi connectivity index (χ4n) is 4.50. The van der Waals surface area contributed by atoms with Crippen LogP contribution in [0.15, 0.2) is 82.6 Å². The molecule has 2 aliphatic heterocycles. The van der Waals surface area contributed by atoms with E-state index in [0.717, 1.165) is 60.1 Å². The van der Waals surface area contributed by atoms with E-state index in [1.165, 1.54) is 23.9 Å². The maximum absolute atomic E-state index is 13.3. The molecule has 0 saturated carbocycles. The number of aliphatic hydroxyl groups excluding tert-OH is 1. The highest BCUT2D eigenvalue weighted by atomic mass is 35.5. The number of aliphatic hydroxyl groups is 1. The van der Waals surface area contributed by atoms with Crippen LogP contribution >= 0.6 is 35.0 Å². The fourth-order valence-corrected chi connectivity index (χ4v) is 6.02. The molecule has 0 aliphatic carbocycles. The zero-order valence-electron chi connectivity index (χ0n) is 20.7. The lowest BCUT2D eigenvalue weighted by molar-refractivity contribution is -0.137. The van der Waals surface area contributed by atoms with Gasteiger partial charge >= 0.3 is 6.18 Å². The summed E-state index contributed by atoms with van der Waals surface area (Å²) in [6, 6.07) is 19.0. The Bertz CT molecular complexity index is 1240. The Labute approximate surface area is 235 Å². The largest absolute Gasteiger partial charge is 0.416 e. The van der Waals surface area contributed by atoms with Gasteiger partial charge in [-0.15, -0.1) is 0 Å². The normalized spacial score (nSPS) is 16.9. The van der Waals surface area contributed by atoms with Crippen molar-refractivity contribution in [2.24, 2.45) is 0 Å². The van der Waals surface area contributed by atoms with Crippen molar-refractivity contribution in [3.05, 3.63) is 99.5 Å². The van der Waals surface area contributed by atoms with Crippen molar-refractivity contribution in [2.75, 3.05) is 45.9 Å². The molecule has 0 amide bonds. The second-order valence-electron chi connectivity index (χ2n) is 9.06. The molecule has 2 heterocycles. The molecule has 0 unspecified atom stereocenters. The van der Waals surface area contributed by atoms with Crippen LogP contribution in [0.2, 0.25) is 10.0 Å². The van der Waals surface area contributed by atoms with Crippen LogP contribution in [0.5, 0.6) is 0 Å². The number of halogens is 5. The van der Waals surface area contributed by atoms with Gasteiger partial charge in [0.2, 0.25) is 0 Å². The molecule has 0 aromatic heterocycles. The number of piperazine rings is 1. The highest BCUT2D eigenvalue weighted by Crippen LogP contribution is 2.47. The molecule has 1 fully saturated rings. The number of benzene rings is 3. The molecule has 0 radical (unpaired) electrons. The summed E-state index contributed by atoms with van der Waals surface area (Å²) in [5.41, 5.74) is 1.96.